The van der Waals surface area contributed by atoms with Crippen molar-refractivity contribution in [2.45, 2.75) is 10.8 Å². The molecule has 2 aliphatic heterocycles. The lowest BCUT2D eigenvalue weighted by Crippen LogP contribution is -2.32. The Morgan fingerprint density at radius 1 is 0.215 bits per heavy atom. The van der Waals surface area contributed by atoms with Gasteiger partial charge in [-0.1, -0.05) is 358 Å². The van der Waals surface area contributed by atoms with Crippen LogP contribution in [0.25, 0.3) is 198 Å². The molecule has 0 saturated carbocycles. The van der Waals surface area contributed by atoms with Gasteiger partial charge in [-0.25, -0.2) is 29.9 Å². The monoisotopic (exact) mass is 1670 g/mol. The second kappa shape index (κ2) is 28.8. The fourth-order valence-electron chi connectivity index (χ4n) is 21.6. The van der Waals surface area contributed by atoms with Gasteiger partial charge >= 0.3 is 0 Å². The summed E-state index contributed by atoms with van der Waals surface area (Å²) >= 11 is 1.82. The molecular formula is C120H70N6O3S. The highest BCUT2D eigenvalue weighted by Gasteiger charge is 2.54. The van der Waals surface area contributed by atoms with Crippen molar-refractivity contribution in [3.8, 4) is 136 Å². The molecule has 604 valence electrons. The van der Waals surface area contributed by atoms with Crippen molar-refractivity contribution < 1.29 is 13.9 Å². The van der Waals surface area contributed by atoms with Gasteiger partial charge in [-0.15, -0.1) is 11.3 Å². The predicted molar refractivity (Wildman–Crippen MR) is 528 cm³/mol. The van der Waals surface area contributed by atoms with Crippen molar-refractivity contribution in [1.82, 2.24) is 29.9 Å². The molecule has 0 atom stereocenters. The fraction of sp³-hybridized carbons (Fsp3) is 0.0167. The van der Waals surface area contributed by atoms with Crippen LogP contribution in [-0.4, -0.2) is 29.9 Å². The molecule has 0 radical (unpaired) electrons. The Kier molecular flexibility index (Phi) is 16.3. The molecule has 0 bridgehead atoms. The molecular weight excluding hydrogens is 1610 g/mol. The minimum atomic E-state index is -0.566. The Labute approximate surface area is 750 Å². The summed E-state index contributed by atoms with van der Waals surface area (Å²) in [6, 6.07) is 150. The van der Waals surface area contributed by atoms with Crippen LogP contribution in [0.3, 0.4) is 0 Å². The van der Waals surface area contributed by atoms with Crippen LogP contribution in [0.15, 0.2) is 429 Å². The first kappa shape index (κ1) is 73.4. The van der Waals surface area contributed by atoms with Crippen LogP contribution in [0.1, 0.15) is 44.5 Å². The van der Waals surface area contributed by atoms with Crippen LogP contribution in [0.2, 0.25) is 0 Å². The third kappa shape index (κ3) is 10.9. The average molecular weight is 1680 g/mol. The van der Waals surface area contributed by atoms with E-state index in [9.17, 15) is 0 Å². The molecule has 18 aromatic carbocycles. The average Bonchev–Trinajstić information content (AvgIpc) is 1.51. The maximum absolute atomic E-state index is 6.64. The minimum Gasteiger partial charge on any atom is -0.457 e. The first-order valence-electron chi connectivity index (χ1n) is 44.0. The molecule has 0 amide bonds. The number of para-hydroxylation sites is 7. The van der Waals surface area contributed by atoms with Crippen LogP contribution in [0, 0.1) is 0 Å². The van der Waals surface area contributed by atoms with Crippen molar-refractivity contribution in [1.29, 1.82) is 0 Å². The maximum Gasteiger partial charge on any atom is 0.160 e. The molecule has 2 aliphatic carbocycles. The number of hydrogen-bond donors (Lipinski definition) is 0. The summed E-state index contributed by atoms with van der Waals surface area (Å²) in [5.74, 6) is 4.90. The molecule has 28 rings (SSSR count). The number of thiophene rings is 1. The van der Waals surface area contributed by atoms with E-state index in [0.717, 1.165) is 178 Å². The minimum absolute atomic E-state index is 0.560. The smallest absolute Gasteiger partial charge is 0.160 e. The highest BCUT2D eigenvalue weighted by Crippen LogP contribution is 2.66. The Hall–Kier alpha value is -16.9. The molecule has 9 nitrogen and oxygen atoms in total. The number of ether oxygens (including phenoxy) is 2. The van der Waals surface area contributed by atoms with Crippen LogP contribution >= 0.6 is 11.3 Å². The highest BCUT2D eigenvalue weighted by molar-refractivity contribution is 7.26. The Balaban J connectivity index is 0.000000134. The number of hydrogen-bond acceptors (Lipinski definition) is 10. The standard InChI is InChI=1S/C60H35N3O2.C60H35N3OS/c1-2-15-38(16-3-1)59-62-49(35-50(63-59)41-20-14-28-54-55(41)42-19-6-11-25-51(42)64-54)36-29-31-37(32-30-36)58-43-33-34-47-57(56(43)40-18-5-10-24-48(40)61-58)39-17-4-7-21-44(39)60(47)45-22-8-12-26-52(45)65-53-27-13-9-23-46(53)60;1-2-15-38(16-3-1)59-62-50(35-51(63-59)43-21-14-20-40-39-17-6-13-28-54(39)65-58(40)43)36-29-31-37(32-30-36)57-44-33-34-48-56(55(44)42-19-5-10-25-49(42)61-57)41-18-4-7-22-45(41)60(48)46-23-8-11-26-52(46)64-53-27-12-9-24-47(53)60/h2*1-35H. The van der Waals surface area contributed by atoms with E-state index in [1.807, 2.05) is 72.0 Å². The zero-order valence-corrected chi connectivity index (χ0v) is 70.5. The predicted octanol–water partition coefficient (Wildman–Crippen LogP) is 30.9. The molecule has 0 fully saturated rings. The number of nitrogens with zero attached hydrogens (tertiary/aromatic N) is 6. The highest BCUT2D eigenvalue weighted by atomic mass is 32.1. The van der Waals surface area contributed by atoms with Gasteiger partial charge in [-0.2, -0.15) is 0 Å². The molecule has 0 unspecified atom stereocenters. The number of benzene rings is 18. The van der Waals surface area contributed by atoms with Crippen LogP contribution < -0.4 is 9.47 Å². The van der Waals surface area contributed by atoms with Crippen molar-refractivity contribution >= 4 is 96.8 Å². The lowest BCUT2D eigenvalue weighted by atomic mass is 9.66. The molecule has 4 aliphatic rings. The van der Waals surface area contributed by atoms with Crippen LogP contribution in [0.4, 0.5) is 0 Å². The summed E-state index contributed by atoms with van der Waals surface area (Å²) < 4.78 is 22.1. The maximum atomic E-state index is 6.64. The fourth-order valence-corrected chi connectivity index (χ4v) is 22.9. The van der Waals surface area contributed by atoms with Gasteiger partial charge in [-0.05, 0) is 111 Å². The molecule has 24 aromatic rings. The van der Waals surface area contributed by atoms with E-state index in [1.165, 1.54) is 75.5 Å². The van der Waals surface area contributed by atoms with E-state index in [1.54, 1.807) is 0 Å². The van der Waals surface area contributed by atoms with Gasteiger partial charge in [-0.3, -0.25) is 0 Å². The molecule has 6 aromatic heterocycles. The topological polar surface area (TPSA) is 109 Å². The first-order valence-corrected chi connectivity index (χ1v) is 44.8. The second-order valence-corrected chi connectivity index (χ2v) is 35.0. The summed E-state index contributed by atoms with van der Waals surface area (Å²) in [6.07, 6.45) is 0. The quantitative estimate of drug-likeness (QED) is 0.137. The summed E-state index contributed by atoms with van der Waals surface area (Å²) in [4.78, 5) is 31.7. The summed E-state index contributed by atoms with van der Waals surface area (Å²) in [5, 5.41) is 11.5. The molecule has 2 spiro atoms. The van der Waals surface area contributed by atoms with Gasteiger partial charge in [0, 0.05) is 130 Å². The van der Waals surface area contributed by atoms with E-state index in [4.69, 9.17) is 43.8 Å². The Morgan fingerprint density at radius 2 is 0.585 bits per heavy atom. The number of fused-ring (bicyclic) bond motifs is 32. The van der Waals surface area contributed by atoms with Gasteiger partial charge in [0.05, 0.1) is 56.0 Å². The zero-order valence-electron chi connectivity index (χ0n) is 69.7. The lowest BCUT2D eigenvalue weighted by molar-refractivity contribution is 0.436. The van der Waals surface area contributed by atoms with Gasteiger partial charge in [0.25, 0.3) is 0 Å². The molecule has 8 heterocycles. The van der Waals surface area contributed by atoms with E-state index < -0.39 is 10.8 Å². The summed E-state index contributed by atoms with van der Waals surface area (Å²) in [5.41, 5.74) is 30.5. The second-order valence-electron chi connectivity index (χ2n) is 33.9. The molecule has 0 saturated heterocycles. The van der Waals surface area contributed by atoms with E-state index in [0.29, 0.717) is 11.6 Å². The summed E-state index contributed by atoms with van der Waals surface area (Å²) in [6.45, 7) is 0. The number of aromatic nitrogens is 6. The molecule has 10 heteroatoms. The van der Waals surface area contributed by atoms with Gasteiger partial charge < -0.3 is 13.9 Å². The largest absolute Gasteiger partial charge is 0.457 e. The van der Waals surface area contributed by atoms with Crippen molar-refractivity contribution in [3.63, 3.8) is 0 Å². The zero-order chi connectivity index (χ0) is 85.3. The third-order valence-corrected chi connectivity index (χ3v) is 28.3. The third-order valence-electron chi connectivity index (χ3n) is 27.1. The van der Waals surface area contributed by atoms with Gasteiger partial charge in [0.1, 0.15) is 34.2 Å². The number of pyridine rings is 2. The van der Waals surface area contributed by atoms with Gasteiger partial charge in [0.2, 0.25) is 0 Å². The lowest BCUT2D eigenvalue weighted by Gasteiger charge is -2.39. The van der Waals surface area contributed by atoms with Crippen molar-refractivity contribution in [3.05, 3.63) is 469 Å². The first-order chi connectivity index (χ1) is 64.4. The molecule has 130 heavy (non-hydrogen) atoms. The Morgan fingerprint density at radius 3 is 1.09 bits per heavy atom. The van der Waals surface area contributed by atoms with Crippen molar-refractivity contribution in [2.24, 2.45) is 0 Å². The van der Waals surface area contributed by atoms with E-state index in [2.05, 4.69) is 364 Å². The van der Waals surface area contributed by atoms with Crippen molar-refractivity contribution in [2.75, 3.05) is 0 Å². The number of furan rings is 1. The van der Waals surface area contributed by atoms with E-state index in [-0.39, 0.29) is 0 Å². The SMILES string of the molecule is c1ccc(-c2nc(-c3ccc(-c4nc5ccccc5c5c6c(ccc45)C4(c5ccccc5Oc5ccccc54)c4ccccc4-6)cc3)cc(-c3cccc4c3sc3ccccc34)n2)cc1.c1ccc(-c2nc(-c3ccc(-c4nc5ccccc5c5c6c(ccc45)C4(c5ccccc5Oc5ccccc54)c4ccccc4-6)cc3)cc(-c3cccc4oc5ccccc5c34)n2)cc1. The summed E-state index contributed by atoms with van der Waals surface area (Å²) in [7, 11) is 0. The van der Waals surface area contributed by atoms with Gasteiger partial charge in [0.15, 0.2) is 11.6 Å². The van der Waals surface area contributed by atoms with Crippen LogP contribution in [0.5, 0.6) is 23.0 Å². The van der Waals surface area contributed by atoms with E-state index >= 15 is 0 Å². The Bertz CT molecular complexity index is 8790. The number of rotatable bonds is 8. The normalized spacial score (nSPS) is 13.2. The van der Waals surface area contributed by atoms with Crippen LogP contribution in [-0.2, 0) is 10.8 Å². The molecule has 0 N–H and O–H groups in total.